The molecule has 0 spiro atoms. The first-order valence-electron chi connectivity index (χ1n) is 5.15. The molecule has 0 aromatic carbocycles. The van der Waals surface area contributed by atoms with Crippen molar-refractivity contribution in [3.8, 4) is 0 Å². The Hall–Kier alpha value is -1.08. The third-order valence-electron chi connectivity index (χ3n) is 2.18. The van der Waals surface area contributed by atoms with E-state index in [1.165, 1.54) is 0 Å². The van der Waals surface area contributed by atoms with Gasteiger partial charge < -0.3 is 10.7 Å². The van der Waals surface area contributed by atoms with Crippen molar-refractivity contribution in [2.24, 2.45) is 5.84 Å². The van der Waals surface area contributed by atoms with Crippen LogP contribution in [0.3, 0.4) is 0 Å². The number of thiazole rings is 1. The highest BCUT2D eigenvalue weighted by Crippen LogP contribution is 2.28. The van der Waals surface area contributed by atoms with Gasteiger partial charge in [0.25, 0.3) is 0 Å². The van der Waals surface area contributed by atoms with Crippen LogP contribution in [-0.2, 0) is 6.42 Å². The quantitative estimate of drug-likeness (QED) is 0.585. The number of hydrazine groups is 1. The highest BCUT2D eigenvalue weighted by molar-refractivity contribution is 7.09. The number of nitrogen functional groups attached to an aromatic ring is 1. The van der Waals surface area contributed by atoms with Gasteiger partial charge in [0.15, 0.2) is 5.82 Å². The second kappa shape index (κ2) is 6.19. The summed E-state index contributed by atoms with van der Waals surface area (Å²) in [5.74, 6) is 6.23. The van der Waals surface area contributed by atoms with E-state index >= 15 is 0 Å². The maximum Gasteiger partial charge on any atom is 0.161 e. The summed E-state index contributed by atoms with van der Waals surface area (Å²) in [4.78, 5) is 8.37. The van der Waals surface area contributed by atoms with E-state index < -0.39 is 0 Å². The van der Waals surface area contributed by atoms with Crippen LogP contribution in [0.4, 0.5) is 11.6 Å². The number of nitrogens with zero attached hydrogens (tertiary/aromatic N) is 2. The molecular formula is C10H11Cl2N5S. The molecule has 0 radical (unpaired) electrons. The molecule has 0 fully saturated rings. The van der Waals surface area contributed by atoms with Crippen LogP contribution in [0, 0.1) is 0 Å². The Bertz CT molecular complexity index is 517. The largest absolute Gasteiger partial charge is 0.368 e. The van der Waals surface area contributed by atoms with Gasteiger partial charge in [-0.05, 0) is 6.07 Å². The third kappa shape index (κ3) is 3.23. The summed E-state index contributed by atoms with van der Waals surface area (Å²) in [6.07, 6.45) is 2.59. The van der Waals surface area contributed by atoms with Gasteiger partial charge in [-0.1, -0.05) is 23.2 Å². The Kier molecular flexibility index (Phi) is 4.60. The Morgan fingerprint density at radius 2 is 2.06 bits per heavy atom. The highest BCUT2D eigenvalue weighted by Gasteiger charge is 2.08. The lowest BCUT2D eigenvalue weighted by atomic mass is 10.4. The van der Waals surface area contributed by atoms with Crippen molar-refractivity contribution < 1.29 is 0 Å². The molecule has 18 heavy (non-hydrogen) atoms. The van der Waals surface area contributed by atoms with E-state index in [0.29, 0.717) is 28.2 Å². The van der Waals surface area contributed by atoms with E-state index in [2.05, 4.69) is 20.7 Å². The molecule has 0 aliphatic heterocycles. The molecule has 96 valence electrons. The monoisotopic (exact) mass is 303 g/mol. The summed E-state index contributed by atoms with van der Waals surface area (Å²) in [5, 5.41) is 6.97. The first kappa shape index (κ1) is 13.4. The lowest BCUT2D eigenvalue weighted by molar-refractivity contribution is 0.987. The standard InChI is InChI=1S/C10H11Cl2N5S/c11-6-5-7(12)10(17-13)16-9(6)15-2-1-8-14-3-4-18-8/h3-5H,1-2,13H2,(H2,15,16,17). The number of nitrogens with one attached hydrogen (secondary N) is 2. The minimum Gasteiger partial charge on any atom is -0.368 e. The normalized spacial score (nSPS) is 10.4. The van der Waals surface area contributed by atoms with Crippen LogP contribution in [0.5, 0.6) is 0 Å². The van der Waals surface area contributed by atoms with Crippen molar-refractivity contribution in [3.63, 3.8) is 0 Å². The average molecular weight is 304 g/mol. The van der Waals surface area contributed by atoms with Gasteiger partial charge in [0.2, 0.25) is 0 Å². The summed E-state index contributed by atoms with van der Waals surface area (Å²) >= 11 is 13.5. The minimum atomic E-state index is 0.382. The van der Waals surface area contributed by atoms with Gasteiger partial charge in [0.1, 0.15) is 5.82 Å². The third-order valence-corrected chi connectivity index (χ3v) is 3.60. The van der Waals surface area contributed by atoms with Crippen LogP contribution < -0.4 is 16.6 Å². The van der Waals surface area contributed by atoms with E-state index in [9.17, 15) is 0 Å². The van der Waals surface area contributed by atoms with Crippen molar-refractivity contribution in [1.82, 2.24) is 9.97 Å². The maximum atomic E-state index is 6.03. The Balaban J connectivity index is 2.00. The lowest BCUT2D eigenvalue weighted by Crippen LogP contribution is -2.12. The zero-order valence-corrected chi connectivity index (χ0v) is 11.6. The lowest BCUT2D eigenvalue weighted by Gasteiger charge is -2.09. The summed E-state index contributed by atoms with van der Waals surface area (Å²) in [6.45, 7) is 0.686. The SMILES string of the molecule is NNc1nc(NCCc2nccs2)c(Cl)cc1Cl. The fourth-order valence-corrected chi connectivity index (χ4v) is 2.46. The molecule has 5 nitrogen and oxygen atoms in total. The molecule has 8 heteroatoms. The molecule has 0 saturated heterocycles. The van der Waals surface area contributed by atoms with Gasteiger partial charge in [-0.3, -0.25) is 0 Å². The van der Waals surface area contributed by atoms with Gasteiger partial charge in [0, 0.05) is 24.5 Å². The Morgan fingerprint density at radius 1 is 1.28 bits per heavy atom. The van der Waals surface area contributed by atoms with Crippen LogP contribution in [0.25, 0.3) is 0 Å². The smallest absolute Gasteiger partial charge is 0.161 e. The molecule has 0 bridgehead atoms. The Morgan fingerprint density at radius 3 is 2.72 bits per heavy atom. The number of aromatic nitrogens is 2. The summed E-state index contributed by atoms with van der Waals surface area (Å²) in [7, 11) is 0. The van der Waals surface area contributed by atoms with Crippen LogP contribution in [0.2, 0.25) is 10.0 Å². The van der Waals surface area contributed by atoms with Crippen LogP contribution >= 0.6 is 34.5 Å². The summed E-state index contributed by atoms with van der Waals surface area (Å²) in [6, 6.07) is 1.59. The first-order chi connectivity index (χ1) is 8.70. The van der Waals surface area contributed by atoms with Crippen molar-refractivity contribution in [2.45, 2.75) is 6.42 Å². The van der Waals surface area contributed by atoms with Crippen molar-refractivity contribution in [3.05, 3.63) is 32.7 Å². The Labute approximate surface area is 118 Å². The number of pyridine rings is 1. The van der Waals surface area contributed by atoms with Gasteiger partial charge >= 0.3 is 0 Å². The highest BCUT2D eigenvalue weighted by atomic mass is 35.5. The van der Waals surface area contributed by atoms with E-state index in [4.69, 9.17) is 29.0 Å². The van der Waals surface area contributed by atoms with E-state index in [1.807, 2.05) is 5.38 Å². The molecule has 2 aromatic heterocycles. The maximum absolute atomic E-state index is 6.03. The minimum absolute atomic E-state index is 0.382. The summed E-state index contributed by atoms with van der Waals surface area (Å²) < 4.78 is 0. The fourth-order valence-electron chi connectivity index (χ4n) is 1.36. The second-order valence-corrected chi connectivity index (χ2v) is 5.19. The predicted molar refractivity (Wildman–Crippen MR) is 76.4 cm³/mol. The van der Waals surface area contributed by atoms with Crippen molar-refractivity contribution >= 4 is 46.2 Å². The summed E-state index contributed by atoms with van der Waals surface area (Å²) in [5.41, 5.74) is 2.41. The van der Waals surface area contributed by atoms with Crippen molar-refractivity contribution in [1.29, 1.82) is 0 Å². The number of rotatable bonds is 5. The molecule has 4 N–H and O–H groups in total. The number of anilines is 2. The van der Waals surface area contributed by atoms with E-state index in [0.717, 1.165) is 11.4 Å². The van der Waals surface area contributed by atoms with Gasteiger partial charge in [-0.2, -0.15) is 0 Å². The number of halogens is 2. The molecule has 0 atom stereocenters. The zero-order valence-electron chi connectivity index (χ0n) is 9.28. The molecule has 0 aliphatic carbocycles. The van der Waals surface area contributed by atoms with Crippen molar-refractivity contribution in [2.75, 3.05) is 17.3 Å². The molecule has 2 heterocycles. The first-order valence-corrected chi connectivity index (χ1v) is 6.79. The molecule has 0 amide bonds. The molecular weight excluding hydrogens is 293 g/mol. The van der Waals surface area contributed by atoms with Gasteiger partial charge in [0.05, 0.1) is 15.1 Å². The molecule has 2 aromatic rings. The second-order valence-electron chi connectivity index (χ2n) is 3.40. The molecule has 2 rings (SSSR count). The molecule has 0 aliphatic rings. The average Bonchev–Trinajstić information content (AvgIpc) is 2.85. The number of hydrogen-bond acceptors (Lipinski definition) is 6. The van der Waals surface area contributed by atoms with Gasteiger partial charge in [-0.15, -0.1) is 11.3 Å². The fraction of sp³-hybridized carbons (Fsp3) is 0.200. The molecule has 0 saturated carbocycles. The van der Waals surface area contributed by atoms with E-state index in [1.54, 1.807) is 23.6 Å². The predicted octanol–water partition coefficient (Wildman–Crippen LogP) is 2.79. The molecule has 0 unspecified atom stereocenters. The van der Waals surface area contributed by atoms with E-state index in [-0.39, 0.29) is 0 Å². The van der Waals surface area contributed by atoms with Crippen LogP contribution in [0.15, 0.2) is 17.6 Å². The van der Waals surface area contributed by atoms with Crippen LogP contribution in [0.1, 0.15) is 5.01 Å². The topological polar surface area (TPSA) is 75.9 Å². The number of hydrogen-bond donors (Lipinski definition) is 3. The van der Waals surface area contributed by atoms with Crippen LogP contribution in [-0.4, -0.2) is 16.5 Å². The number of nitrogens with two attached hydrogens (primary N) is 1. The van der Waals surface area contributed by atoms with Gasteiger partial charge in [-0.25, -0.2) is 15.8 Å². The zero-order chi connectivity index (χ0) is 13.0.